The Morgan fingerprint density at radius 3 is 2.56 bits per heavy atom. The quantitative estimate of drug-likeness (QED) is 0.768. The normalized spacial score (nSPS) is 38.8. The molecule has 1 aliphatic carbocycles. The van der Waals surface area contributed by atoms with E-state index < -0.39 is 0 Å². The lowest BCUT2D eigenvalue weighted by Gasteiger charge is -2.53. The van der Waals surface area contributed by atoms with Gasteiger partial charge in [0.25, 0.3) is 0 Å². The maximum atomic E-state index is 9.81. The van der Waals surface area contributed by atoms with Gasteiger partial charge in [-0.25, -0.2) is 0 Å². The summed E-state index contributed by atoms with van der Waals surface area (Å²) < 4.78 is 5.43. The van der Waals surface area contributed by atoms with Gasteiger partial charge in [0.2, 0.25) is 0 Å². The number of likely N-dealkylation sites (tertiary alicyclic amines) is 1. The summed E-state index contributed by atoms with van der Waals surface area (Å²) in [5.74, 6) is 0.553. The second kappa shape index (κ2) is 4.28. The molecule has 2 heterocycles. The molecule has 0 amide bonds. The second-order valence-electron chi connectivity index (χ2n) is 6.04. The summed E-state index contributed by atoms with van der Waals surface area (Å²) in [5, 5.41) is 9.81. The molecule has 0 bridgehead atoms. The number of aliphatic hydroxyl groups is 1. The third kappa shape index (κ3) is 2.01. The van der Waals surface area contributed by atoms with Crippen LogP contribution in [0, 0.1) is 11.3 Å². The van der Waals surface area contributed by atoms with Gasteiger partial charge in [0.05, 0.1) is 6.10 Å². The van der Waals surface area contributed by atoms with Crippen molar-refractivity contribution in [2.75, 3.05) is 32.8 Å². The van der Waals surface area contributed by atoms with E-state index in [0.717, 1.165) is 26.2 Å². The standard InChI is InChI=1S/C13H23NO2/c15-12-3-1-2-11(12)8-14-9-13(10-14)4-6-16-7-5-13/h11-12,15H,1-10H2. The average Bonchev–Trinajstić information content (AvgIpc) is 2.64. The lowest BCUT2D eigenvalue weighted by molar-refractivity contribution is -0.0890. The number of aliphatic hydroxyl groups excluding tert-OH is 1. The van der Waals surface area contributed by atoms with Crippen LogP contribution in [0.15, 0.2) is 0 Å². The fourth-order valence-electron chi connectivity index (χ4n) is 3.71. The fourth-order valence-corrected chi connectivity index (χ4v) is 3.71. The third-order valence-corrected chi connectivity index (χ3v) is 4.78. The van der Waals surface area contributed by atoms with Gasteiger partial charge in [0.1, 0.15) is 0 Å². The van der Waals surface area contributed by atoms with Crippen LogP contribution in [-0.4, -0.2) is 49.0 Å². The van der Waals surface area contributed by atoms with Gasteiger partial charge in [-0.3, -0.25) is 0 Å². The van der Waals surface area contributed by atoms with E-state index in [1.54, 1.807) is 0 Å². The molecule has 16 heavy (non-hydrogen) atoms. The Balaban J connectivity index is 1.46. The van der Waals surface area contributed by atoms with Crippen LogP contribution >= 0.6 is 0 Å². The van der Waals surface area contributed by atoms with Gasteiger partial charge in [-0.1, -0.05) is 6.42 Å². The molecule has 0 aromatic carbocycles. The second-order valence-corrected chi connectivity index (χ2v) is 6.04. The molecule has 1 saturated carbocycles. The van der Waals surface area contributed by atoms with Crippen molar-refractivity contribution in [1.29, 1.82) is 0 Å². The molecule has 2 saturated heterocycles. The number of ether oxygens (including phenoxy) is 1. The first kappa shape index (κ1) is 11.0. The highest BCUT2D eigenvalue weighted by Gasteiger charge is 2.44. The van der Waals surface area contributed by atoms with Gasteiger partial charge in [-0.15, -0.1) is 0 Å². The zero-order valence-corrected chi connectivity index (χ0v) is 10.0. The molecule has 0 aromatic rings. The fraction of sp³-hybridized carbons (Fsp3) is 1.00. The Morgan fingerprint density at radius 2 is 1.94 bits per heavy atom. The monoisotopic (exact) mass is 225 g/mol. The van der Waals surface area contributed by atoms with Crippen LogP contribution in [0.1, 0.15) is 32.1 Å². The first-order chi connectivity index (χ1) is 7.77. The highest BCUT2D eigenvalue weighted by atomic mass is 16.5. The summed E-state index contributed by atoms with van der Waals surface area (Å²) in [4.78, 5) is 2.55. The van der Waals surface area contributed by atoms with E-state index in [-0.39, 0.29) is 6.10 Å². The molecule has 3 rings (SSSR count). The van der Waals surface area contributed by atoms with Crippen LogP contribution < -0.4 is 0 Å². The van der Waals surface area contributed by atoms with Gasteiger partial charge in [0.15, 0.2) is 0 Å². The van der Waals surface area contributed by atoms with Crippen LogP contribution in [0.5, 0.6) is 0 Å². The van der Waals surface area contributed by atoms with E-state index in [9.17, 15) is 5.11 Å². The van der Waals surface area contributed by atoms with Gasteiger partial charge in [0, 0.05) is 38.3 Å². The number of nitrogens with zero attached hydrogens (tertiary/aromatic N) is 1. The highest BCUT2D eigenvalue weighted by molar-refractivity contribution is 4.97. The van der Waals surface area contributed by atoms with Crippen LogP contribution in [0.3, 0.4) is 0 Å². The average molecular weight is 225 g/mol. The van der Waals surface area contributed by atoms with Gasteiger partial charge in [-0.2, -0.15) is 0 Å². The van der Waals surface area contributed by atoms with Crippen molar-refractivity contribution in [3.8, 4) is 0 Å². The van der Waals surface area contributed by atoms with Crippen molar-refractivity contribution in [1.82, 2.24) is 4.90 Å². The largest absolute Gasteiger partial charge is 0.393 e. The summed E-state index contributed by atoms with van der Waals surface area (Å²) in [6, 6.07) is 0. The molecule has 1 N–H and O–H groups in total. The zero-order valence-electron chi connectivity index (χ0n) is 10.0. The van der Waals surface area contributed by atoms with E-state index in [2.05, 4.69) is 4.90 Å². The van der Waals surface area contributed by atoms with Crippen LogP contribution in [0.25, 0.3) is 0 Å². The van der Waals surface area contributed by atoms with Gasteiger partial charge >= 0.3 is 0 Å². The van der Waals surface area contributed by atoms with Crippen molar-refractivity contribution >= 4 is 0 Å². The minimum atomic E-state index is -0.0220. The molecule has 2 atom stereocenters. The maximum absolute atomic E-state index is 9.81. The zero-order chi connectivity index (χ0) is 11.0. The highest BCUT2D eigenvalue weighted by Crippen LogP contribution is 2.41. The summed E-state index contributed by atoms with van der Waals surface area (Å²) in [6.07, 6.45) is 5.95. The van der Waals surface area contributed by atoms with Crippen molar-refractivity contribution in [2.24, 2.45) is 11.3 Å². The number of hydrogen-bond acceptors (Lipinski definition) is 3. The summed E-state index contributed by atoms with van der Waals surface area (Å²) >= 11 is 0. The van der Waals surface area contributed by atoms with Crippen molar-refractivity contribution in [3.63, 3.8) is 0 Å². The lowest BCUT2D eigenvalue weighted by atomic mass is 9.73. The third-order valence-electron chi connectivity index (χ3n) is 4.78. The molecule has 2 unspecified atom stereocenters. The van der Waals surface area contributed by atoms with E-state index in [1.165, 1.54) is 38.8 Å². The van der Waals surface area contributed by atoms with Crippen molar-refractivity contribution < 1.29 is 9.84 Å². The molecule has 0 aromatic heterocycles. The summed E-state index contributed by atoms with van der Waals surface area (Å²) in [7, 11) is 0. The molecular formula is C13H23NO2. The Labute approximate surface area is 97.8 Å². The first-order valence-corrected chi connectivity index (χ1v) is 6.76. The van der Waals surface area contributed by atoms with Gasteiger partial charge < -0.3 is 14.7 Å². The van der Waals surface area contributed by atoms with Gasteiger partial charge in [-0.05, 0) is 31.6 Å². The lowest BCUT2D eigenvalue weighted by Crippen LogP contribution is -2.59. The van der Waals surface area contributed by atoms with Crippen molar-refractivity contribution in [2.45, 2.75) is 38.2 Å². The van der Waals surface area contributed by atoms with Crippen molar-refractivity contribution in [3.05, 3.63) is 0 Å². The molecular weight excluding hydrogens is 202 g/mol. The van der Waals surface area contributed by atoms with E-state index >= 15 is 0 Å². The van der Waals surface area contributed by atoms with Crippen LogP contribution in [0.4, 0.5) is 0 Å². The Kier molecular flexibility index (Phi) is 2.94. The molecule has 3 nitrogen and oxygen atoms in total. The van der Waals surface area contributed by atoms with Crippen LogP contribution in [0.2, 0.25) is 0 Å². The first-order valence-electron chi connectivity index (χ1n) is 6.76. The Bertz CT molecular complexity index is 242. The smallest absolute Gasteiger partial charge is 0.0580 e. The van der Waals surface area contributed by atoms with E-state index in [0.29, 0.717) is 11.3 Å². The summed E-state index contributed by atoms with van der Waals surface area (Å²) in [5.41, 5.74) is 0.585. The molecule has 0 radical (unpaired) electrons. The predicted molar refractivity (Wildman–Crippen MR) is 62.3 cm³/mol. The molecule has 3 aliphatic rings. The topological polar surface area (TPSA) is 32.7 Å². The molecule has 3 fully saturated rings. The van der Waals surface area contributed by atoms with Crippen LogP contribution in [-0.2, 0) is 4.74 Å². The molecule has 3 heteroatoms. The molecule has 1 spiro atoms. The minimum absolute atomic E-state index is 0.0220. The maximum Gasteiger partial charge on any atom is 0.0580 e. The SMILES string of the molecule is OC1CCCC1CN1CC2(CCOCC2)C1. The van der Waals surface area contributed by atoms with E-state index in [4.69, 9.17) is 4.74 Å². The predicted octanol–water partition coefficient (Wildman–Crippen LogP) is 1.26. The molecule has 92 valence electrons. The minimum Gasteiger partial charge on any atom is -0.393 e. The Morgan fingerprint density at radius 1 is 1.19 bits per heavy atom. The van der Waals surface area contributed by atoms with E-state index in [1.807, 2.05) is 0 Å². The number of rotatable bonds is 2. The number of hydrogen-bond donors (Lipinski definition) is 1. The Hall–Kier alpha value is -0.120. The molecule has 2 aliphatic heterocycles. The summed E-state index contributed by atoms with van der Waals surface area (Å²) in [6.45, 7) is 5.54.